The van der Waals surface area contributed by atoms with E-state index in [1.807, 2.05) is 0 Å². The first-order chi connectivity index (χ1) is 11.8. The van der Waals surface area contributed by atoms with Crippen LogP contribution in [0.2, 0.25) is 0 Å². The summed E-state index contributed by atoms with van der Waals surface area (Å²) in [6.45, 7) is 4.81. The summed E-state index contributed by atoms with van der Waals surface area (Å²) in [6, 6.07) is -0.355. The predicted molar refractivity (Wildman–Crippen MR) is 88.0 cm³/mol. The van der Waals surface area contributed by atoms with Crippen LogP contribution in [-0.2, 0) is 28.7 Å². The van der Waals surface area contributed by atoms with Gasteiger partial charge >= 0.3 is 17.9 Å². The smallest absolute Gasteiger partial charge is 0.353 e. The number of carbonyl (C=O) groups excluding carboxylic acids is 3. The minimum Gasteiger partial charge on any atom is -0.477 e. The minimum atomic E-state index is -1.21. The second-order valence-electron chi connectivity index (χ2n) is 5.57. The summed E-state index contributed by atoms with van der Waals surface area (Å²) in [5, 5.41) is 10.9. The molecule has 0 unspecified atom stereocenters. The molecule has 0 bridgehead atoms. The number of rotatable bonds is 7. The van der Waals surface area contributed by atoms with Crippen molar-refractivity contribution in [2.45, 2.75) is 39.3 Å². The van der Waals surface area contributed by atoms with Crippen LogP contribution in [0, 0.1) is 5.92 Å². The number of hydrogen-bond donors (Lipinski definition) is 1. The summed E-state index contributed by atoms with van der Waals surface area (Å²) < 4.78 is 9.82. The summed E-state index contributed by atoms with van der Waals surface area (Å²) in [7, 11) is 0. The van der Waals surface area contributed by atoms with Gasteiger partial charge in [0.2, 0.25) is 5.91 Å². The molecule has 25 heavy (non-hydrogen) atoms. The molecule has 9 heteroatoms. The van der Waals surface area contributed by atoms with Crippen LogP contribution >= 0.6 is 11.8 Å². The van der Waals surface area contributed by atoms with Gasteiger partial charge < -0.3 is 19.5 Å². The summed E-state index contributed by atoms with van der Waals surface area (Å²) in [4.78, 5) is 48.0. The van der Waals surface area contributed by atoms with Gasteiger partial charge in [-0.2, -0.15) is 0 Å². The lowest BCUT2D eigenvalue weighted by Crippen LogP contribution is -2.62. The highest BCUT2D eigenvalue weighted by Crippen LogP contribution is 2.47. The fourth-order valence-electron chi connectivity index (χ4n) is 3.02. The average molecular weight is 369 g/mol. The maximum absolute atomic E-state index is 12.3. The summed E-state index contributed by atoms with van der Waals surface area (Å²) in [5.41, 5.74) is -0.0835. The van der Waals surface area contributed by atoms with Crippen molar-refractivity contribution in [3.05, 3.63) is 22.1 Å². The fraction of sp³-hybridized carbons (Fsp3) is 0.500. The molecule has 0 aromatic carbocycles. The molecule has 0 spiro atoms. The third kappa shape index (κ3) is 3.87. The molecule has 0 aromatic heterocycles. The van der Waals surface area contributed by atoms with E-state index in [2.05, 4.69) is 0 Å². The van der Waals surface area contributed by atoms with Gasteiger partial charge in [-0.25, -0.2) is 9.59 Å². The number of fused-ring (bicyclic) bond motifs is 1. The van der Waals surface area contributed by atoms with Crippen molar-refractivity contribution in [3.8, 4) is 0 Å². The molecule has 1 fully saturated rings. The van der Waals surface area contributed by atoms with E-state index in [1.54, 1.807) is 13.8 Å². The molecule has 0 saturated carbocycles. The SMILES string of the molecule is CCOC(=O)/C=C\SC1=C(C(=O)O)N2C(=O)[C@H]([C@H](C)OC(C)=O)[C@H]2C1. The second kappa shape index (κ2) is 7.73. The Balaban J connectivity index is 2.11. The topological polar surface area (TPSA) is 110 Å². The molecule has 1 N–H and O–H groups in total. The van der Waals surface area contributed by atoms with Crippen LogP contribution in [-0.4, -0.2) is 52.6 Å². The van der Waals surface area contributed by atoms with Crippen LogP contribution in [0.5, 0.6) is 0 Å². The Morgan fingerprint density at radius 2 is 2.12 bits per heavy atom. The molecule has 0 aromatic rings. The Hall–Kier alpha value is -2.29. The van der Waals surface area contributed by atoms with Crippen molar-refractivity contribution < 1.29 is 33.8 Å². The molecule has 136 valence electrons. The molecule has 0 aliphatic carbocycles. The van der Waals surface area contributed by atoms with Crippen molar-refractivity contribution in [2.24, 2.45) is 5.92 Å². The third-order valence-corrected chi connectivity index (χ3v) is 4.85. The van der Waals surface area contributed by atoms with Crippen LogP contribution in [0.25, 0.3) is 0 Å². The van der Waals surface area contributed by atoms with Gasteiger partial charge in [-0.15, -0.1) is 0 Å². The van der Waals surface area contributed by atoms with Crippen molar-refractivity contribution in [1.29, 1.82) is 0 Å². The van der Waals surface area contributed by atoms with Crippen LogP contribution in [0.4, 0.5) is 0 Å². The zero-order chi connectivity index (χ0) is 18.7. The number of aliphatic carboxylic acids is 1. The van der Waals surface area contributed by atoms with Crippen LogP contribution < -0.4 is 0 Å². The fourth-order valence-corrected chi connectivity index (χ4v) is 3.93. The lowest BCUT2D eigenvalue weighted by Gasteiger charge is -2.45. The number of thioether (sulfide) groups is 1. The third-order valence-electron chi connectivity index (χ3n) is 3.93. The molecule has 1 amide bonds. The number of amides is 1. The van der Waals surface area contributed by atoms with Gasteiger partial charge in [0.15, 0.2) is 0 Å². The number of carboxylic acids is 1. The monoisotopic (exact) mass is 369 g/mol. The van der Waals surface area contributed by atoms with Crippen molar-refractivity contribution in [1.82, 2.24) is 4.90 Å². The number of carboxylic acid groups (broad SMARTS) is 1. The van der Waals surface area contributed by atoms with Crippen LogP contribution in [0.3, 0.4) is 0 Å². The summed E-state index contributed by atoms with van der Waals surface area (Å²) in [5.74, 6) is -3.16. The van der Waals surface area contributed by atoms with Crippen molar-refractivity contribution in [3.63, 3.8) is 0 Å². The normalized spacial score (nSPS) is 23.3. The Labute approximate surface area is 148 Å². The van der Waals surface area contributed by atoms with Gasteiger partial charge in [0, 0.05) is 24.3 Å². The number of β-lactam (4-membered cyclic amide) rings is 1. The average Bonchev–Trinajstić information content (AvgIpc) is 2.81. The molecular formula is C16H19NO7S. The van der Waals surface area contributed by atoms with Crippen molar-refractivity contribution in [2.75, 3.05) is 6.61 Å². The molecule has 1 saturated heterocycles. The number of esters is 2. The Kier molecular flexibility index (Phi) is 5.89. The van der Waals surface area contributed by atoms with Gasteiger partial charge in [-0.05, 0) is 19.3 Å². The zero-order valence-corrected chi connectivity index (χ0v) is 14.9. The maximum Gasteiger partial charge on any atom is 0.353 e. The molecular weight excluding hydrogens is 350 g/mol. The van der Waals surface area contributed by atoms with E-state index >= 15 is 0 Å². The lowest BCUT2D eigenvalue weighted by atomic mass is 9.83. The van der Waals surface area contributed by atoms with Gasteiger partial charge in [0.1, 0.15) is 11.8 Å². The second-order valence-corrected chi connectivity index (χ2v) is 6.57. The minimum absolute atomic E-state index is 0.0835. The molecule has 2 aliphatic rings. The molecule has 0 radical (unpaired) electrons. The van der Waals surface area contributed by atoms with Crippen LogP contribution in [0.1, 0.15) is 27.2 Å². The molecule has 2 aliphatic heterocycles. The van der Waals surface area contributed by atoms with Crippen LogP contribution in [0.15, 0.2) is 22.1 Å². The van der Waals surface area contributed by atoms with E-state index in [0.29, 0.717) is 11.3 Å². The van der Waals surface area contributed by atoms with E-state index in [0.717, 1.165) is 11.8 Å². The van der Waals surface area contributed by atoms with Crippen molar-refractivity contribution >= 4 is 35.6 Å². The first-order valence-corrected chi connectivity index (χ1v) is 8.62. The lowest BCUT2D eigenvalue weighted by molar-refractivity contribution is -0.169. The molecule has 2 heterocycles. The largest absolute Gasteiger partial charge is 0.477 e. The van der Waals surface area contributed by atoms with E-state index in [9.17, 15) is 24.3 Å². The van der Waals surface area contributed by atoms with Gasteiger partial charge in [-0.3, -0.25) is 9.59 Å². The first-order valence-electron chi connectivity index (χ1n) is 7.74. The highest BCUT2D eigenvalue weighted by Gasteiger charge is 2.57. The summed E-state index contributed by atoms with van der Waals surface area (Å²) in [6.07, 6.45) is 0.916. The van der Waals surface area contributed by atoms with E-state index < -0.39 is 29.9 Å². The molecule has 3 atom stereocenters. The predicted octanol–water partition coefficient (Wildman–Crippen LogP) is 1.27. The number of ether oxygens (including phenoxy) is 2. The highest BCUT2D eigenvalue weighted by atomic mass is 32.2. The first kappa shape index (κ1) is 19.0. The van der Waals surface area contributed by atoms with E-state index in [1.165, 1.54) is 23.3 Å². The Morgan fingerprint density at radius 3 is 2.68 bits per heavy atom. The number of nitrogens with zero attached hydrogens (tertiary/aromatic N) is 1. The summed E-state index contributed by atoms with van der Waals surface area (Å²) >= 11 is 1.07. The van der Waals surface area contributed by atoms with E-state index in [-0.39, 0.29) is 24.3 Å². The van der Waals surface area contributed by atoms with Gasteiger partial charge in [0.25, 0.3) is 0 Å². The highest BCUT2D eigenvalue weighted by molar-refractivity contribution is 8.05. The number of carbonyl (C=O) groups is 4. The molecule has 2 rings (SSSR count). The van der Waals surface area contributed by atoms with Gasteiger partial charge in [0.05, 0.1) is 18.6 Å². The quantitative estimate of drug-likeness (QED) is 0.406. The number of hydrogen-bond acceptors (Lipinski definition) is 7. The standard InChI is InChI=1S/C16H19NO7S/c1-4-23-12(19)5-6-25-11-7-10-13(8(2)24-9(3)18)15(20)17(10)14(11)16(21)22/h5-6,8,10,13H,4,7H2,1-3H3,(H,21,22)/b6-5-/t8-,10+,13+/m0/s1. The maximum atomic E-state index is 12.3. The Bertz CT molecular complexity index is 669. The molecule has 8 nitrogen and oxygen atoms in total. The zero-order valence-electron chi connectivity index (χ0n) is 14.1. The van der Waals surface area contributed by atoms with E-state index in [4.69, 9.17) is 9.47 Å². The van der Waals surface area contributed by atoms with Gasteiger partial charge in [-0.1, -0.05) is 11.8 Å². The Morgan fingerprint density at radius 1 is 1.44 bits per heavy atom.